The summed E-state index contributed by atoms with van der Waals surface area (Å²) in [6, 6.07) is 2.26. The van der Waals surface area contributed by atoms with Crippen LogP contribution in [0, 0.1) is 0 Å². The molecular weight excluding hydrogens is 284 g/mol. The lowest BCUT2D eigenvalue weighted by molar-refractivity contribution is -0.119. The molecule has 0 radical (unpaired) electrons. The third-order valence-electron chi connectivity index (χ3n) is 2.19. The molecule has 1 rings (SSSR count). The van der Waals surface area contributed by atoms with Gasteiger partial charge in [-0.25, -0.2) is 8.78 Å². The van der Waals surface area contributed by atoms with Crippen LogP contribution in [0.5, 0.6) is 11.5 Å². The SMILES string of the molecule is COc1cc(C(O)C(F)F)cc(Cl)c1OCC(N)=O. The number of primary amides is 1. The van der Waals surface area contributed by atoms with Crippen LogP contribution in [0.1, 0.15) is 11.7 Å². The minimum Gasteiger partial charge on any atom is -0.493 e. The lowest BCUT2D eigenvalue weighted by Crippen LogP contribution is -2.20. The van der Waals surface area contributed by atoms with E-state index in [-0.39, 0.29) is 22.1 Å². The maximum Gasteiger partial charge on any atom is 0.268 e. The van der Waals surface area contributed by atoms with Crippen molar-refractivity contribution in [2.24, 2.45) is 5.73 Å². The number of carbonyl (C=O) groups is 1. The van der Waals surface area contributed by atoms with Crippen molar-refractivity contribution in [3.63, 3.8) is 0 Å². The van der Waals surface area contributed by atoms with Gasteiger partial charge < -0.3 is 20.3 Å². The number of alkyl halides is 2. The van der Waals surface area contributed by atoms with Crippen molar-refractivity contribution in [1.82, 2.24) is 0 Å². The van der Waals surface area contributed by atoms with Crippen LogP contribution in [0.15, 0.2) is 12.1 Å². The van der Waals surface area contributed by atoms with Crippen LogP contribution in [0.2, 0.25) is 5.02 Å². The molecule has 0 aliphatic carbocycles. The van der Waals surface area contributed by atoms with Gasteiger partial charge in [-0.2, -0.15) is 0 Å². The quantitative estimate of drug-likeness (QED) is 0.833. The van der Waals surface area contributed by atoms with Crippen LogP contribution in [0.3, 0.4) is 0 Å². The fourth-order valence-corrected chi connectivity index (χ4v) is 1.61. The van der Waals surface area contributed by atoms with Crippen LogP contribution < -0.4 is 15.2 Å². The summed E-state index contributed by atoms with van der Waals surface area (Å²) in [5.74, 6) is -0.716. The lowest BCUT2D eigenvalue weighted by atomic mass is 10.1. The van der Waals surface area contributed by atoms with Crippen LogP contribution in [0.4, 0.5) is 8.78 Å². The van der Waals surface area contributed by atoms with Gasteiger partial charge in [0.05, 0.1) is 12.1 Å². The molecule has 0 aliphatic rings. The van der Waals surface area contributed by atoms with Crippen LogP contribution >= 0.6 is 11.6 Å². The minimum absolute atomic E-state index is 0.00631. The van der Waals surface area contributed by atoms with E-state index in [2.05, 4.69) is 0 Å². The molecule has 3 N–H and O–H groups in total. The first-order valence-corrected chi connectivity index (χ1v) is 5.49. The molecule has 0 bridgehead atoms. The van der Waals surface area contributed by atoms with Crippen molar-refractivity contribution >= 4 is 17.5 Å². The van der Waals surface area contributed by atoms with Gasteiger partial charge >= 0.3 is 0 Å². The molecule has 1 unspecified atom stereocenters. The molecule has 0 heterocycles. The summed E-state index contributed by atoms with van der Waals surface area (Å²) in [7, 11) is 1.27. The van der Waals surface area contributed by atoms with Gasteiger partial charge in [0.1, 0.15) is 6.10 Å². The number of ether oxygens (including phenoxy) is 2. The predicted octanol–water partition coefficient (Wildman–Crippen LogP) is 1.51. The Bertz CT molecular complexity index is 470. The van der Waals surface area contributed by atoms with E-state index >= 15 is 0 Å². The van der Waals surface area contributed by atoms with Crippen molar-refractivity contribution in [2.75, 3.05) is 13.7 Å². The Morgan fingerprint density at radius 3 is 2.63 bits per heavy atom. The van der Waals surface area contributed by atoms with E-state index in [9.17, 15) is 18.7 Å². The van der Waals surface area contributed by atoms with Crippen LogP contribution in [0.25, 0.3) is 0 Å². The summed E-state index contributed by atoms with van der Waals surface area (Å²) in [5.41, 5.74) is 4.79. The first-order chi connectivity index (χ1) is 8.86. The molecule has 0 fully saturated rings. The number of methoxy groups -OCH3 is 1. The maximum atomic E-state index is 12.4. The number of amides is 1. The molecular formula is C11H12ClF2NO4. The summed E-state index contributed by atoms with van der Waals surface area (Å²) in [6.07, 6.45) is -4.95. The highest BCUT2D eigenvalue weighted by Crippen LogP contribution is 2.38. The number of carbonyl (C=O) groups excluding carboxylic acids is 1. The topological polar surface area (TPSA) is 81.8 Å². The Morgan fingerprint density at radius 1 is 1.53 bits per heavy atom. The molecule has 1 atom stereocenters. The first kappa shape index (κ1) is 15.5. The normalized spacial score (nSPS) is 12.3. The van der Waals surface area contributed by atoms with E-state index < -0.39 is 25.0 Å². The Hall–Kier alpha value is -1.60. The predicted molar refractivity (Wildman–Crippen MR) is 63.7 cm³/mol. The van der Waals surface area contributed by atoms with Gasteiger partial charge in [-0.05, 0) is 17.7 Å². The fraction of sp³-hybridized carbons (Fsp3) is 0.364. The van der Waals surface area contributed by atoms with Gasteiger partial charge in [0.2, 0.25) is 0 Å². The summed E-state index contributed by atoms with van der Waals surface area (Å²) >= 11 is 5.83. The Kier molecular flexibility index (Phi) is 5.31. The third-order valence-corrected chi connectivity index (χ3v) is 2.47. The highest BCUT2D eigenvalue weighted by molar-refractivity contribution is 6.32. The zero-order chi connectivity index (χ0) is 14.6. The van der Waals surface area contributed by atoms with Gasteiger partial charge in [-0.1, -0.05) is 11.6 Å². The van der Waals surface area contributed by atoms with E-state index in [4.69, 9.17) is 26.8 Å². The number of rotatable bonds is 6. The molecule has 0 aliphatic heterocycles. The number of hydrogen-bond donors (Lipinski definition) is 2. The van der Waals surface area contributed by atoms with Crippen molar-refractivity contribution in [3.8, 4) is 11.5 Å². The molecule has 1 amide bonds. The van der Waals surface area contributed by atoms with Crippen LogP contribution in [-0.2, 0) is 4.79 Å². The van der Waals surface area contributed by atoms with Crippen molar-refractivity contribution < 1.29 is 28.2 Å². The second-order valence-electron chi connectivity index (χ2n) is 3.57. The number of benzene rings is 1. The van der Waals surface area contributed by atoms with Gasteiger partial charge in [0, 0.05) is 0 Å². The highest BCUT2D eigenvalue weighted by Gasteiger charge is 2.23. The molecule has 1 aromatic rings. The van der Waals surface area contributed by atoms with E-state index in [1.165, 1.54) is 7.11 Å². The third kappa shape index (κ3) is 3.93. The second kappa shape index (κ2) is 6.53. The van der Waals surface area contributed by atoms with Crippen molar-refractivity contribution in [3.05, 3.63) is 22.7 Å². The van der Waals surface area contributed by atoms with E-state index in [0.717, 1.165) is 12.1 Å². The molecule has 0 saturated heterocycles. The average Bonchev–Trinajstić information content (AvgIpc) is 2.34. The monoisotopic (exact) mass is 295 g/mol. The number of aliphatic hydroxyl groups is 1. The van der Waals surface area contributed by atoms with Crippen molar-refractivity contribution in [1.29, 1.82) is 0 Å². The minimum atomic E-state index is -2.96. The van der Waals surface area contributed by atoms with E-state index in [1.54, 1.807) is 0 Å². The van der Waals surface area contributed by atoms with Gasteiger partial charge in [-0.3, -0.25) is 4.79 Å². The number of halogens is 3. The average molecular weight is 296 g/mol. The largest absolute Gasteiger partial charge is 0.493 e. The summed E-state index contributed by atoms with van der Waals surface area (Å²) in [6.45, 7) is -0.438. The second-order valence-corrected chi connectivity index (χ2v) is 3.98. The lowest BCUT2D eigenvalue weighted by Gasteiger charge is -2.15. The Morgan fingerprint density at radius 2 is 2.16 bits per heavy atom. The molecule has 1 aromatic carbocycles. The number of hydrogen-bond acceptors (Lipinski definition) is 4. The summed E-state index contributed by atoms with van der Waals surface area (Å²) in [5, 5.41) is 9.20. The first-order valence-electron chi connectivity index (χ1n) is 5.11. The smallest absolute Gasteiger partial charge is 0.268 e. The van der Waals surface area contributed by atoms with E-state index in [0.29, 0.717) is 0 Å². The fourth-order valence-electron chi connectivity index (χ4n) is 1.34. The molecule has 0 aromatic heterocycles. The van der Waals surface area contributed by atoms with Gasteiger partial charge in [0.15, 0.2) is 18.1 Å². The number of aliphatic hydroxyl groups excluding tert-OH is 1. The maximum absolute atomic E-state index is 12.4. The Labute approximate surface area is 112 Å². The number of nitrogens with two attached hydrogens (primary N) is 1. The molecule has 19 heavy (non-hydrogen) atoms. The molecule has 5 nitrogen and oxygen atoms in total. The van der Waals surface area contributed by atoms with E-state index in [1.807, 2.05) is 0 Å². The molecule has 8 heteroatoms. The zero-order valence-electron chi connectivity index (χ0n) is 9.90. The summed E-state index contributed by atoms with van der Waals surface area (Å²) in [4.78, 5) is 10.6. The standard InChI is InChI=1S/C11H12ClF2NO4/c1-18-7-3-5(9(17)11(13)14)2-6(12)10(7)19-4-8(15)16/h2-3,9,11,17H,4H2,1H3,(H2,15,16). The molecule has 0 saturated carbocycles. The van der Waals surface area contributed by atoms with Crippen LogP contribution in [-0.4, -0.2) is 31.2 Å². The molecule has 106 valence electrons. The van der Waals surface area contributed by atoms with Crippen molar-refractivity contribution in [2.45, 2.75) is 12.5 Å². The highest BCUT2D eigenvalue weighted by atomic mass is 35.5. The zero-order valence-corrected chi connectivity index (χ0v) is 10.7. The summed E-state index contributed by atoms with van der Waals surface area (Å²) < 4.78 is 34.7. The van der Waals surface area contributed by atoms with Gasteiger partial charge in [0.25, 0.3) is 12.3 Å². The Balaban J connectivity index is 3.10. The molecule has 0 spiro atoms. The van der Waals surface area contributed by atoms with Gasteiger partial charge in [-0.15, -0.1) is 0 Å².